The second-order valence-corrected chi connectivity index (χ2v) is 7.21. The number of hydrogen-bond donors (Lipinski definition) is 4. The van der Waals surface area contributed by atoms with Crippen LogP contribution in [0, 0.1) is 0 Å². The van der Waals surface area contributed by atoms with E-state index in [1.54, 1.807) is 18.3 Å². The van der Waals surface area contributed by atoms with Crippen molar-refractivity contribution < 1.29 is 14.7 Å². The lowest BCUT2D eigenvalue weighted by molar-refractivity contribution is -0.143. The van der Waals surface area contributed by atoms with E-state index >= 15 is 0 Å². The molecule has 1 fully saturated rings. The van der Waals surface area contributed by atoms with E-state index in [2.05, 4.69) is 15.0 Å². The van der Waals surface area contributed by atoms with Crippen LogP contribution in [0.1, 0.15) is 40.7 Å². The van der Waals surface area contributed by atoms with Crippen LogP contribution in [0.25, 0.3) is 11.0 Å². The molecule has 2 aromatic heterocycles. The van der Waals surface area contributed by atoms with Crippen molar-refractivity contribution in [1.29, 1.82) is 0 Å². The summed E-state index contributed by atoms with van der Waals surface area (Å²) < 4.78 is 0. The highest BCUT2D eigenvalue weighted by atomic mass is 16.4. The highest BCUT2D eigenvalue weighted by Gasteiger charge is 2.32. The lowest BCUT2D eigenvalue weighted by Gasteiger charge is -2.33. The molecule has 1 unspecified atom stereocenters. The van der Waals surface area contributed by atoms with Crippen LogP contribution in [0.2, 0.25) is 0 Å². The topological polar surface area (TPSA) is 145 Å². The van der Waals surface area contributed by atoms with Gasteiger partial charge >= 0.3 is 5.97 Å². The van der Waals surface area contributed by atoms with Crippen molar-refractivity contribution in [2.24, 2.45) is 0 Å². The summed E-state index contributed by atoms with van der Waals surface area (Å²) in [5.74, 6) is -1.18. The molecule has 0 bridgehead atoms. The van der Waals surface area contributed by atoms with E-state index in [0.29, 0.717) is 36.0 Å². The van der Waals surface area contributed by atoms with Crippen molar-refractivity contribution in [2.45, 2.75) is 31.7 Å². The third-order valence-electron chi connectivity index (χ3n) is 5.29. The number of carboxylic acid groups (broad SMARTS) is 1. The predicted octanol–water partition coefficient (Wildman–Crippen LogP) is 1.50. The summed E-state index contributed by atoms with van der Waals surface area (Å²) in [7, 11) is 0. The molecule has 1 amide bonds. The summed E-state index contributed by atoms with van der Waals surface area (Å²) in [4.78, 5) is 47.4. The molecule has 1 saturated heterocycles. The molecule has 150 valence electrons. The van der Waals surface area contributed by atoms with Gasteiger partial charge in [-0.05, 0) is 48.9 Å². The number of nitrogens with zero attached hydrogens (tertiary/aromatic N) is 2. The van der Waals surface area contributed by atoms with Crippen molar-refractivity contribution in [2.75, 3.05) is 12.3 Å². The maximum Gasteiger partial charge on any atom is 0.326 e. The fourth-order valence-electron chi connectivity index (χ4n) is 3.84. The minimum atomic E-state index is -0.964. The number of carbonyl (C=O) groups excluding carboxylic acids is 1. The lowest BCUT2D eigenvalue weighted by atomic mass is 9.99. The van der Waals surface area contributed by atoms with Crippen molar-refractivity contribution in [1.82, 2.24) is 19.9 Å². The van der Waals surface area contributed by atoms with Crippen LogP contribution in [0.15, 0.2) is 35.3 Å². The van der Waals surface area contributed by atoms with Gasteiger partial charge in [-0.2, -0.15) is 4.98 Å². The minimum absolute atomic E-state index is 0.0520. The third-order valence-corrected chi connectivity index (χ3v) is 5.29. The Balaban J connectivity index is 1.55. The van der Waals surface area contributed by atoms with Gasteiger partial charge in [0.05, 0.1) is 5.39 Å². The number of aromatic amines is 2. The predicted molar refractivity (Wildman–Crippen MR) is 107 cm³/mol. The summed E-state index contributed by atoms with van der Waals surface area (Å²) in [5.41, 5.74) is 7.82. The van der Waals surface area contributed by atoms with Crippen LogP contribution in [0.5, 0.6) is 0 Å². The summed E-state index contributed by atoms with van der Waals surface area (Å²) in [6.45, 7) is 0.450. The van der Waals surface area contributed by atoms with Gasteiger partial charge in [0.2, 0.25) is 5.95 Å². The molecule has 1 aliphatic rings. The largest absolute Gasteiger partial charge is 0.480 e. The molecule has 3 aromatic rings. The van der Waals surface area contributed by atoms with Crippen LogP contribution < -0.4 is 11.3 Å². The number of anilines is 1. The van der Waals surface area contributed by atoms with E-state index in [4.69, 9.17) is 5.73 Å². The Labute approximate surface area is 165 Å². The van der Waals surface area contributed by atoms with Gasteiger partial charge in [0.25, 0.3) is 11.5 Å². The van der Waals surface area contributed by atoms with E-state index in [-0.39, 0.29) is 17.4 Å². The molecule has 1 aromatic carbocycles. The van der Waals surface area contributed by atoms with Gasteiger partial charge in [0.1, 0.15) is 11.7 Å². The van der Waals surface area contributed by atoms with E-state index in [0.717, 1.165) is 24.0 Å². The van der Waals surface area contributed by atoms with Crippen LogP contribution in [0.4, 0.5) is 5.95 Å². The quantitative estimate of drug-likeness (QED) is 0.527. The number of piperidine rings is 1. The molecule has 9 nitrogen and oxygen atoms in total. The fraction of sp³-hybridized carbons (Fsp3) is 0.300. The average Bonchev–Trinajstić information content (AvgIpc) is 3.10. The monoisotopic (exact) mass is 395 g/mol. The van der Waals surface area contributed by atoms with Gasteiger partial charge in [-0.3, -0.25) is 14.6 Å². The molecule has 5 N–H and O–H groups in total. The molecule has 1 atom stereocenters. The summed E-state index contributed by atoms with van der Waals surface area (Å²) >= 11 is 0. The Kier molecular flexibility index (Phi) is 4.79. The zero-order chi connectivity index (χ0) is 20.5. The average molecular weight is 395 g/mol. The van der Waals surface area contributed by atoms with Crippen molar-refractivity contribution in [3.8, 4) is 0 Å². The number of likely N-dealkylation sites (tertiary alicyclic amines) is 1. The van der Waals surface area contributed by atoms with Gasteiger partial charge in [0, 0.05) is 18.3 Å². The highest BCUT2D eigenvalue weighted by molar-refractivity contribution is 5.96. The molecule has 1 aliphatic heterocycles. The number of aliphatic carboxylic acids is 1. The number of nitrogens with one attached hydrogen (secondary N) is 2. The van der Waals surface area contributed by atoms with Gasteiger partial charge in [-0.15, -0.1) is 0 Å². The second kappa shape index (κ2) is 7.42. The first-order valence-corrected chi connectivity index (χ1v) is 9.42. The molecule has 4 rings (SSSR count). The number of fused-ring (bicyclic) bond motifs is 1. The standard InChI is InChI=1S/C20H21N5O4/c21-20-23-16-15(17(26)24-20)13(10-22-16)9-11-4-6-12(7-5-11)18(27)25-8-2-1-3-14(25)19(28)29/h4-7,10,14H,1-3,8-9H2,(H,28,29)(H4,21,22,23,24,26). The first-order valence-electron chi connectivity index (χ1n) is 9.42. The molecule has 29 heavy (non-hydrogen) atoms. The van der Waals surface area contributed by atoms with Gasteiger partial charge in [0.15, 0.2) is 0 Å². The number of benzene rings is 1. The van der Waals surface area contributed by atoms with Crippen molar-refractivity contribution in [3.63, 3.8) is 0 Å². The molecule has 3 heterocycles. The first-order chi connectivity index (χ1) is 13.9. The summed E-state index contributed by atoms with van der Waals surface area (Å²) in [6.07, 6.45) is 4.29. The zero-order valence-corrected chi connectivity index (χ0v) is 15.6. The fourth-order valence-corrected chi connectivity index (χ4v) is 3.84. The zero-order valence-electron chi connectivity index (χ0n) is 15.6. The Bertz CT molecular complexity index is 1130. The number of H-pyrrole nitrogens is 2. The Hall–Kier alpha value is -3.62. The number of carboxylic acids is 1. The van der Waals surface area contributed by atoms with Gasteiger partial charge in [-0.25, -0.2) is 4.79 Å². The minimum Gasteiger partial charge on any atom is -0.480 e. The van der Waals surface area contributed by atoms with Crippen LogP contribution in [-0.2, 0) is 11.2 Å². The molecule has 0 radical (unpaired) electrons. The normalized spacial score (nSPS) is 16.8. The van der Waals surface area contributed by atoms with Gasteiger partial charge in [-0.1, -0.05) is 12.1 Å². The van der Waals surface area contributed by atoms with Gasteiger partial charge < -0.3 is 20.7 Å². The van der Waals surface area contributed by atoms with Crippen LogP contribution in [-0.4, -0.2) is 49.4 Å². The van der Waals surface area contributed by atoms with E-state index in [9.17, 15) is 19.5 Å². The second-order valence-electron chi connectivity index (χ2n) is 7.21. The SMILES string of the molecule is Nc1nc2[nH]cc(Cc3ccc(C(=O)N4CCCCC4C(=O)O)cc3)c2c(=O)[nH]1. The number of aromatic nitrogens is 3. The Morgan fingerprint density at radius 2 is 2.00 bits per heavy atom. The van der Waals surface area contributed by atoms with E-state index < -0.39 is 12.0 Å². The lowest BCUT2D eigenvalue weighted by Crippen LogP contribution is -2.47. The number of nitrogens with two attached hydrogens (primary N) is 1. The molecule has 0 aliphatic carbocycles. The van der Waals surface area contributed by atoms with Crippen LogP contribution in [0.3, 0.4) is 0 Å². The summed E-state index contributed by atoms with van der Waals surface area (Å²) in [5, 5.41) is 9.84. The molecule has 0 spiro atoms. The summed E-state index contributed by atoms with van der Waals surface area (Å²) in [6, 6.07) is 6.24. The molecular weight excluding hydrogens is 374 g/mol. The molecule has 9 heteroatoms. The Morgan fingerprint density at radius 3 is 2.72 bits per heavy atom. The smallest absolute Gasteiger partial charge is 0.326 e. The van der Waals surface area contributed by atoms with E-state index in [1.165, 1.54) is 4.90 Å². The molecular formula is C20H21N5O4. The number of rotatable bonds is 4. The number of carbonyl (C=O) groups is 2. The Morgan fingerprint density at radius 1 is 1.24 bits per heavy atom. The van der Waals surface area contributed by atoms with Crippen molar-refractivity contribution in [3.05, 3.63) is 57.5 Å². The highest BCUT2D eigenvalue weighted by Crippen LogP contribution is 2.21. The maximum absolute atomic E-state index is 12.8. The van der Waals surface area contributed by atoms with Crippen molar-refractivity contribution >= 4 is 28.9 Å². The number of nitrogen functional groups attached to an aromatic ring is 1. The van der Waals surface area contributed by atoms with E-state index in [1.807, 2.05) is 12.1 Å². The first kappa shape index (κ1) is 18.7. The maximum atomic E-state index is 12.8. The number of hydrogen-bond acceptors (Lipinski definition) is 5. The number of amides is 1. The molecule has 0 saturated carbocycles. The third kappa shape index (κ3) is 3.58. The van der Waals surface area contributed by atoms with Crippen LogP contribution >= 0.6 is 0 Å².